The van der Waals surface area contributed by atoms with Gasteiger partial charge in [-0.15, -0.1) is 0 Å². The molecule has 0 amide bonds. The van der Waals surface area contributed by atoms with Crippen molar-refractivity contribution in [2.45, 2.75) is 6.92 Å². The number of carbonyl (C=O) groups is 1. The number of rotatable bonds is 1. The summed E-state index contributed by atoms with van der Waals surface area (Å²) in [7, 11) is 0. The molecule has 0 bridgehead atoms. The minimum atomic E-state index is -0.112. The summed E-state index contributed by atoms with van der Waals surface area (Å²) >= 11 is 0. The van der Waals surface area contributed by atoms with E-state index in [-0.39, 0.29) is 5.78 Å². The van der Waals surface area contributed by atoms with Crippen molar-refractivity contribution in [2.24, 2.45) is 0 Å². The van der Waals surface area contributed by atoms with Crippen molar-refractivity contribution < 1.29 is 4.79 Å². The number of nitrogens with two attached hydrogens (primary N) is 3. The Labute approximate surface area is 70.3 Å². The average Bonchev–Trinajstić information content (AvgIpc) is 1.96. The molecule has 0 heterocycles. The van der Waals surface area contributed by atoms with E-state index in [1.165, 1.54) is 19.1 Å². The van der Waals surface area contributed by atoms with Crippen LogP contribution in [-0.4, -0.2) is 5.78 Å². The lowest BCUT2D eigenvalue weighted by Gasteiger charge is -2.05. The fourth-order valence-electron chi connectivity index (χ4n) is 0.956. The highest BCUT2D eigenvalue weighted by Gasteiger charge is 2.06. The van der Waals surface area contributed by atoms with Gasteiger partial charge >= 0.3 is 0 Å². The molecule has 1 rings (SSSR count). The van der Waals surface area contributed by atoms with Crippen LogP contribution >= 0.6 is 0 Å². The van der Waals surface area contributed by atoms with Crippen LogP contribution in [0.3, 0.4) is 0 Å². The van der Waals surface area contributed by atoms with Gasteiger partial charge < -0.3 is 17.2 Å². The summed E-state index contributed by atoms with van der Waals surface area (Å²) in [5.41, 5.74) is 18.1. The Hall–Kier alpha value is -1.71. The third-order valence-electron chi connectivity index (χ3n) is 1.63. The minimum Gasteiger partial charge on any atom is -0.398 e. The zero-order chi connectivity index (χ0) is 9.30. The van der Waals surface area contributed by atoms with Gasteiger partial charge in [-0.2, -0.15) is 0 Å². The summed E-state index contributed by atoms with van der Waals surface area (Å²) in [6, 6.07) is 2.99. The molecule has 0 atom stereocenters. The van der Waals surface area contributed by atoms with Crippen LogP contribution in [0.25, 0.3) is 0 Å². The predicted molar refractivity (Wildman–Crippen MR) is 49.7 cm³/mol. The molecule has 0 radical (unpaired) electrons. The molecule has 0 aliphatic heterocycles. The van der Waals surface area contributed by atoms with Gasteiger partial charge in [0.15, 0.2) is 5.78 Å². The van der Waals surface area contributed by atoms with Crippen LogP contribution in [0.5, 0.6) is 0 Å². The first-order valence-corrected chi connectivity index (χ1v) is 3.47. The van der Waals surface area contributed by atoms with Crippen LogP contribution in [-0.2, 0) is 0 Å². The summed E-state index contributed by atoms with van der Waals surface area (Å²) in [4.78, 5) is 11.0. The first kappa shape index (κ1) is 8.39. The molecule has 0 saturated carbocycles. The van der Waals surface area contributed by atoms with E-state index in [4.69, 9.17) is 17.2 Å². The van der Waals surface area contributed by atoms with Crippen LogP contribution in [0.1, 0.15) is 17.3 Å². The van der Waals surface area contributed by atoms with E-state index in [2.05, 4.69) is 0 Å². The second-order valence-corrected chi connectivity index (χ2v) is 2.62. The molecular formula is C8H11N3O. The fraction of sp³-hybridized carbons (Fsp3) is 0.125. The largest absolute Gasteiger partial charge is 0.398 e. The van der Waals surface area contributed by atoms with Crippen molar-refractivity contribution in [3.63, 3.8) is 0 Å². The minimum absolute atomic E-state index is 0.112. The van der Waals surface area contributed by atoms with E-state index in [1.54, 1.807) is 0 Å². The fourth-order valence-corrected chi connectivity index (χ4v) is 0.956. The van der Waals surface area contributed by atoms with Gasteiger partial charge in [0, 0.05) is 11.3 Å². The maximum Gasteiger partial charge on any atom is 0.161 e. The lowest BCUT2D eigenvalue weighted by atomic mass is 10.1. The first-order chi connectivity index (χ1) is 5.52. The summed E-state index contributed by atoms with van der Waals surface area (Å²) in [6.07, 6.45) is 0. The molecule has 0 saturated heterocycles. The summed E-state index contributed by atoms with van der Waals surface area (Å²) < 4.78 is 0. The van der Waals surface area contributed by atoms with Crippen LogP contribution in [0, 0.1) is 0 Å². The molecule has 0 aliphatic rings. The van der Waals surface area contributed by atoms with E-state index in [9.17, 15) is 4.79 Å². The molecule has 1 aromatic rings. The molecule has 6 N–H and O–H groups in total. The Morgan fingerprint density at radius 1 is 1.08 bits per heavy atom. The van der Waals surface area contributed by atoms with Crippen molar-refractivity contribution in [3.8, 4) is 0 Å². The molecule has 1 aromatic carbocycles. The predicted octanol–water partition coefficient (Wildman–Crippen LogP) is 0.636. The monoisotopic (exact) mass is 165 g/mol. The topological polar surface area (TPSA) is 95.1 Å². The number of carbonyl (C=O) groups excluding carboxylic acids is 1. The number of hydrogen-bond acceptors (Lipinski definition) is 4. The third-order valence-corrected chi connectivity index (χ3v) is 1.63. The lowest BCUT2D eigenvalue weighted by molar-refractivity contribution is 0.101. The molecule has 12 heavy (non-hydrogen) atoms. The smallest absolute Gasteiger partial charge is 0.161 e. The van der Waals surface area contributed by atoms with Crippen molar-refractivity contribution >= 4 is 22.8 Å². The molecule has 4 heteroatoms. The zero-order valence-electron chi connectivity index (χ0n) is 6.79. The van der Waals surface area contributed by atoms with Gasteiger partial charge in [0.05, 0.1) is 11.4 Å². The van der Waals surface area contributed by atoms with Crippen molar-refractivity contribution in [1.82, 2.24) is 0 Å². The first-order valence-electron chi connectivity index (χ1n) is 3.47. The highest BCUT2D eigenvalue weighted by Crippen LogP contribution is 2.22. The van der Waals surface area contributed by atoms with Crippen molar-refractivity contribution in [3.05, 3.63) is 17.7 Å². The zero-order valence-corrected chi connectivity index (χ0v) is 6.79. The van der Waals surface area contributed by atoms with Crippen LogP contribution < -0.4 is 17.2 Å². The molecule has 0 unspecified atom stereocenters. The summed E-state index contributed by atoms with van der Waals surface area (Å²) in [5, 5.41) is 0. The normalized spacial score (nSPS) is 9.75. The second kappa shape index (κ2) is 2.73. The van der Waals surface area contributed by atoms with Gasteiger partial charge in [-0.1, -0.05) is 0 Å². The van der Waals surface area contributed by atoms with Gasteiger partial charge in [0.25, 0.3) is 0 Å². The van der Waals surface area contributed by atoms with Gasteiger partial charge in [-0.3, -0.25) is 4.79 Å². The number of anilines is 3. The highest BCUT2D eigenvalue weighted by atomic mass is 16.1. The van der Waals surface area contributed by atoms with Crippen LogP contribution in [0.2, 0.25) is 0 Å². The Balaban J connectivity index is 3.33. The second-order valence-electron chi connectivity index (χ2n) is 2.62. The van der Waals surface area contributed by atoms with E-state index in [1.807, 2.05) is 0 Å². The van der Waals surface area contributed by atoms with E-state index >= 15 is 0 Å². The number of ketones is 1. The molecule has 64 valence electrons. The SMILES string of the molecule is CC(=O)c1cc(N)c(N)cc1N. The van der Waals surface area contributed by atoms with Crippen LogP contribution in [0.15, 0.2) is 12.1 Å². The van der Waals surface area contributed by atoms with Gasteiger partial charge in [0.1, 0.15) is 0 Å². The molecule has 4 nitrogen and oxygen atoms in total. The maximum absolute atomic E-state index is 11.0. The van der Waals surface area contributed by atoms with Gasteiger partial charge in [-0.05, 0) is 19.1 Å². The Morgan fingerprint density at radius 3 is 2.08 bits per heavy atom. The Morgan fingerprint density at radius 2 is 1.58 bits per heavy atom. The highest BCUT2D eigenvalue weighted by molar-refractivity contribution is 6.01. The Kier molecular flexibility index (Phi) is 1.91. The van der Waals surface area contributed by atoms with Crippen LogP contribution in [0.4, 0.5) is 17.1 Å². The van der Waals surface area contributed by atoms with E-state index in [0.717, 1.165) is 0 Å². The molecule has 0 spiro atoms. The third kappa shape index (κ3) is 1.32. The average molecular weight is 165 g/mol. The Bertz CT molecular complexity index is 333. The standard InChI is InChI=1S/C8H11N3O/c1-4(12)5-2-7(10)8(11)3-6(5)9/h2-3H,9-11H2,1H3. The quantitative estimate of drug-likeness (QED) is 0.420. The van der Waals surface area contributed by atoms with E-state index in [0.29, 0.717) is 22.6 Å². The lowest BCUT2D eigenvalue weighted by Crippen LogP contribution is -2.03. The van der Waals surface area contributed by atoms with Crippen molar-refractivity contribution in [2.75, 3.05) is 17.2 Å². The molecular weight excluding hydrogens is 154 g/mol. The molecule has 0 aromatic heterocycles. The number of hydrogen-bond donors (Lipinski definition) is 3. The molecule has 0 aliphatic carbocycles. The summed E-state index contributed by atoms with van der Waals surface area (Å²) in [5.74, 6) is -0.112. The number of Topliss-reactive ketones (excluding diaryl/α,β-unsaturated/α-hetero) is 1. The van der Waals surface area contributed by atoms with Crippen molar-refractivity contribution in [1.29, 1.82) is 0 Å². The van der Waals surface area contributed by atoms with Gasteiger partial charge in [0.2, 0.25) is 0 Å². The van der Waals surface area contributed by atoms with Gasteiger partial charge in [-0.25, -0.2) is 0 Å². The van der Waals surface area contributed by atoms with E-state index < -0.39 is 0 Å². The molecule has 0 fully saturated rings. The summed E-state index contributed by atoms with van der Waals surface area (Å²) in [6.45, 7) is 1.43. The number of benzene rings is 1. The maximum atomic E-state index is 11.0. The number of nitrogen functional groups attached to an aromatic ring is 3.